The van der Waals surface area contributed by atoms with E-state index in [9.17, 15) is 9.18 Å². The highest BCUT2D eigenvalue weighted by Crippen LogP contribution is 2.38. The topological polar surface area (TPSA) is 75.9 Å². The van der Waals surface area contributed by atoms with Crippen molar-refractivity contribution in [2.75, 3.05) is 7.11 Å². The Morgan fingerprint density at radius 1 is 1.30 bits per heavy atom. The first kappa shape index (κ1) is 18.9. The molecule has 0 saturated heterocycles. The lowest BCUT2D eigenvalue weighted by Crippen LogP contribution is -2.25. The average molecular weight is 367 g/mol. The van der Waals surface area contributed by atoms with Crippen molar-refractivity contribution in [1.29, 1.82) is 5.41 Å². The number of aryl methyl sites for hydroxylation is 1. The van der Waals surface area contributed by atoms with Crippen LogP contribution in [0.15, 0.2) is 35.5 Å². The molecular weight excluding hydrogens is 345 g/mol. The van der Waals surface area contributed by atoms with Gasteiger partial charge in [0.05, 0.1) is 7.11 Å². The third-order valence-corrected chi connectivity index (χ3v) is 4.78. The molecule has 0 radical (unpaired) electrons. The molecule has 1 aliphatic rings. The van der Waals surface area contributed by atoms with Gasteiger partial charge in [0.1, 0.15) is 5.82 Å². The second-order valence-electron chi connectivity index (χ2n) is 7.00. The first-order valence-corrected chi connectivity index (χ1v) is 8.77. The van der Waals surface area contributed by atoms with Crippen molar-refractivity contribution < 1.29 is 13.9 Å². The number of rotatable bonds is 3. The fourth-order valence-corrected chi connectivity index (χ4v) is 3.56. The minimum Gasteiger partial charge on any atom is -0.481 e. The van der Waals surface area contributed by atoms with E-state index in [0.717, 1.165) is 16.7 Å². The molecule has 0 aliphatic heterocycles. The van der Waals surface area contributed by atoms with Crippen LogP contribution in [0, 0.1) is 18.2 Å². The van der Waals surface area contributed by atoms with Crippen LogP contribution in [0.25, 0.3) is 11.4 Å². The van der Waals surface area contributed by atoms with Crippen molar-refractivity contribution in [2.24, 2.45) is 0 Å². The van der Waals surface area contributed by atoms with Crippen molar-refractivity contribution >= 4 is 11.5 Å². The fraction of sp³-hybridized carbons (Fsp3) is 0.333. The van der Waals surface area contributed by atoms with Crippen LogP contribution in [0.1, 0.15) is 43.7 Å². The Bertz CT molecular complexity index is 942. The number of hydrogen-bond acceptors (Lipinski definition) is 5. The van der Waals surface area contributed by atoms with Gasteiger partial charge < -0.3 is 10.1 Å². The summed E-state index contributed by atoms with van der Waals surface area (Å²) in [5.41, 5.74) is 3.78. The molecular formula is C21H22FN3O2. The maximum absolute atomic E-state index is 14.0. The van der Waals surface area contributed by atoms with Crippen molar-refractivity contribution in [1.82, 2.24) is 9.97 Å². The van der Waals surface area contributed by atoms with E-state index in [-0.39, 0.29) is 18.1 Å². The second-order valence-corrected chi connectivity index (χ2v) is 7.00. The van der Waals surface area contributed by atoms with Crippen LogP contribution >= 0.6 is 0 Å². The smallest absolute Gasteiger partial charge is 0.219 e. The van der Waals surface area contributed by atoms with Gasteiger partial charge in [-0.05, 0) is 50.8 Å². The number of ether oxygens (including phenoxy) is 1. The number of allylic oxidation sites excluding steroid dienone is 2. The molecule has 0 bridgehead atoms. The van der Waals surface area contributed by atoms with Gasteiger partial charge in [0.2, 0.25) is 5.88 Å². The van der Waals surface area contributed by atoms with Crippen LogP contribution in [-0.2, 0) is 4.79 Å². The highest BCUT2D eigenvalue weighted by Gasteiger charge is 2.31. The average Bonchev–Trinajstić information content (AvgIpc) is 2.61. The van der Waals surface area contributed by atoms with Crippen LogP contribution in [0.3, 0.4) is 0 Å². The molecule has 0 spiro atoms. The van der Waals surface area contributed by atoms with E-state index in [0.29, 0.717) is 35.0 Å². The third kappa shape index (κ3) is 3.65. The normalized spacial score (nSPS) is 17.2. The molecule has 3 rings (SSSR count). The lowest BCUT2D eigenvalue weighted by atomic mass is 9.77. The predicted molar refractivity (Wildman–Crippen MR) is 102 cm³/mol. The lowest BCUT2D eigenvalue weighted by Gasteiger charge is -2.26. The maximum atomic E-state index is 14.0. The van der Waals surface area contributed by atoms with Crippen LogP contribution in [-0.4, -0.2) is 28.6 Å². The van der Waals surface area contributed by atoms with Gasteiger partial charge in [-0.25, -0.2) is 9.37 Å². The van der Waals surface area contributed by atoms with Crippen molar-refractivity contribution in [2.45, 2.75) is 39.5 Å². The van der Waals surface area contributed by atoms with Gasteiger partial charge in [-0.1, -0.05) is 11.6 Å². The molecule has 1 atom stereocenters. The Kier molecular flexibility index (Phi) is 5.17. The Morgan fingerprint density at radius 3 is 2.67 bits per heavy atom. The van der Waals surface area contributed by atoms with E-state index in [1.807, 2.05) is 20.8 Å². The first-order valence-electron chi connectivity index (χ1n) is 8.77. The molecule has 1 aliphatic carbocycles. The summed E-state index contributed by atoms with van der Waals surface area (Å²) in [7, 11) is 1.52. The second kappa shape index (κ2) is 7.39. The van der Waals surface area contributed by atoms with Gasteiger partial charge in [0.15, 0.2) is 11.6 Å². The summed E-state index contributed by atoms with van der Waals surface area (Å²) < 4.78 is 19.2. The molecule has 27 heavy (non-hydrogen) atoms. The number of Topliss-reactive ketones (excluding diaryl/α,β-unsaturated/α-hetero) is 1. The largest absolute Gasteiger partial charge is 0.481 e. The summed E-state index contributed by atoms with van der Waals surface area (Å²) in [5, 5.41) is 8.29. The molecule has 140 valence electrons. The zero-order chi connectivity index (χ0) is 19.7. The van der Waals surface area contributed by atoms with E-state index in [1.165, 1.54) is 19.2 Å². The number of carbonyl (C=O) groups excluding carboxylic acids is 1. The van der Waals surface area contributed by atoms with E-state index < -0.39 is 5.82 Å². The number of carbonyl (C=O) groups is 1. The number of ketones is 1. The zero-order valence-corrected chi connectivity index (χ0v) is 15.9. The lowest BCUT2D eigenvalue weighted by molar-refractivity contribution is -0.115. The maximum Gasteiger partial charge on any atom is 0.219 e. The zero-order valence-electron chi connectivity index (χ0n) is 15.9. The molecule has 0 amide bonds. The Hall–Kier alpha value is -2.89. The molecule has 6 heteroatoms. The number of benzene rings is 1. The number of methoxy groups -OCH3 is 1. The predicted octanol–water partition coefficient (Wildman–Crippen LogP) is 4.40. The van der Waals surface area contributed by atoms with E-state index >= 15 is 0 Å². The van der Waals surface area contributed by atoms with Crippen LogP contribution in [0.2, 0.25) is 0 Å². The summed E-state index contributed by atoms with van der Waals surface area (Å²) in [4.78, 5) is 21.3. The Labute approximate surface area is 157 Å². The fourth-order valence-electron chi connectivity index (χ4n) is 3.56. The van der Waals surface area contributed by atoms with Crippen LogP contribution in [0.4, 0.5) is 4.39 Å². The number of halogens is 1. The molecule has 5 nitrogen and oxygen atoms in total. The molecule has 2 aromatic rings. The number of nitrogens with one attached hydrogen (secondary N) is 1. The van der Waals surface area contributed by atoms with Gasteiger partial charge in [-0.15, -0.1) is 0 Å². The van der Waals surface area contributed by atoms with Crippen molar-refractivity contribution in [3.05, 3.63) is 52.5 Å². The molecule has 1 saturated carbocycles. The number of hydrogen-bond donors (Lipinski definition) is 1. The van der Waals surface area contributed by atoms with Gasteiger partial charge in [0, 0.05) is 35.0 Å². The van der Waals surface area contributed by atoms with Crippen LogP contribution < -0.4 is 4.74 Å². The number of aromatic nitrogens is 2. The van der Waals surface area contributed by atoms with Crippen molar-refractivity contribution in [3.63, 3.8) is 0 Å². The summed E-state index contributed by atoms with van der Waals surface area (Å²) >= 11 is 0. The molecule has 1 aromatic carbocycles. The monoisotopic (exact) mass is 367 g/mol. The quantitative estimate of drug-likeness (QED) is 0.816. The van der Waals surface area contributed by atoms with E-state index in [1.54, 1.807) is 12.3 Å². The summed E-state index contributed by atoms with van der Waals surface area (Å²) in [6.45, 7) is 5.52. The minimum absolute atomic E-state index is 0.0473. The summed E-state index contributed by atoms with van der Waals surface area (Å²) in [5.74, 6) is 0.112. The Balaban J connectivity index is 2.07. The molecule has 1 aromatic heterocycles. The Morgan fingerprint density at radius 2 is 2.04 bits per heavy atom. The van der Waals surface area contributed by atoms with Gasteiger partial charge in [-0.2, -0.15) is 4.98 Å². The summed E-state index contributed by atoms with van der Waals surface area (Å²) in [6, 6.07) is 4.41. The third-order valence-electron chi connectivity index (χ3n) is 4.78. The standard InChI is InChI=1S/C21H22FN3O2/c1-11(2)19-17(23)7-13(8-18(19)26)15-6-5-14(22)9-16(15)20-24-10-12(3)21(25-20)27-4/h5-6,9-10,13,23H,7-8H2,1-4H3. The minimum atomic E-state index is -0.404. The van der Waals surface area contributed by atoms with Gasteiger partial charge in [-0.3, -0.25) is 4.79 Å². The molecule has 1 N–H and O–H groups in total. The van der Waals surface area contributed by atoms with E-state index in [2.05, 4.69) is 9.97 Å². The van der Waals surface area contributed by atoms with Gasteiger partial charge >= 0.3 is 0 Å². The number of nitrogens with zero attached hydrogens (tertiary/aromatic N) is 2. The summed E-state index contributed by atoms with van der Waals surface area (Å²) in [6.07, 6.45) is 2.34. The SMILES string of the molecule is COc1nc(-c2cc(F)ccc2C2CC(=N)C(=C(C)C)C(=O)C2)ncc1C. The first-order chi connectivity index (χ1) is 12.8. The van der Waals surface area contributed by atoms with Gasteiger partial charge in [0.25, 0.3) is 0 Å². The van der Waals surface area contributed by atoms with E-state index in [4.69, 9.17) is 10.1 Å². The highest BCUT2D eigenvalue weighted by atomic mass is 19.1. The van der Waals surface area contributed by atoms with Crippen LogP contribution in [0.5, 0.6) is 5.88 Å². The van der Waals surface area contributed by atoms with Crippen molar-refractivity contribution in [3.8, 4) is 17.3 Å². The molecule has 1 heterocycles. The highest BCUT2D eigenvalue weighted by molar-refractivity contribution is 6.23. The molecule has 1 fully saturated rings. The molecule has 1 unspecified atom stereocenters.